The molecule has 2 unspecified atom stereocenters. The lowest BCUT2D eigenvalue weighted by atomic mass is 9.85. The fraction of sp³-hybridized carbons (Fsp3) is 0.333. The van der Waals surface area contributed by atoms with Gasteiger partial charge in [-0.3, -0.25) is 0 Å². The molecule has 126 valence electrons. The molecule has 0 amide bonds. The van der Waals surface area contributed by atoms with Gasteiger partial charge in [0.1, 0.15) is 0 Å². The first-order chi connectivity index (χ1) is 11.6. The van der Waals surface area contributed by atoms with Gasteiger partial charge in [0.15, 0.2) is 11.6 Å². The van der Waals surface area contributed by atoms with E-state index in [4.69, 9.17) is 4.74 Å². The van der Waals surface area contributed by atoms with Gasteiger partial charge in [0, 0.05) is 24.2 Å². The summed E-state index contributed by atoms with van der Waals surface area (Å²) in [7, 11) is 1.46. The first-order valence-corrected chi connectivity index (χ1v) is 8.34. The number of benzene rings is 2. The van der Waals surface area contributed by atoms with Crippen molar-refractivity contribution in [2.45, 2.75) is 32.3 Å². The maximum atomic E-state index is 14.3. The highest BCUT2D eigenvalue weighted by Crippen LogP contribution is 2.32. The lowest BCUT2D eigenvalue weighted by molar-refractivity contribution is 0.180. The number of methoxy groups -OCH3 is 1. The van der Waals surface area contributed by atoms with E-state index in [0.29, 0.717) is 17.4 Å². The lowest BCUT2D eigenvalue weighted by Crippen LogP contribution is -2.04. The van der Waals surface area contributed by atoms with Crippen LogP contribution in [0.25, 0.3) is 11.1 Å². The van der Waals surface area contributed by atoms with E-state index in [-0.39, 0.29) is 17.7 Å². The van der Waals surface area contributed by atoms with Gasteiger partial charge in [-0.05, 0) is 29.9 Å². The van der Waals surface area contributed by atoms with Crippen molar-refractivity contribution in [2.24, 2.45) is 5.92 Å². The molecule has 0 aliphatic heterocycles. The summed E-state index contributed by atoms with van der Waals surface area (Å²) in [6.45, 7) is 2.29. The summed E-state index contributed by atoms with van der Waals surface area (Å²) in [4.78, 5) is 0. The third-order valence-electron chi connectivity index (χ3n) is 4.72. The Kier molecular flexibility index (Phi) is 5.10. The molecule has 1 aliphatic carbocycles. The lowest BCUT2D eigenvalue weighted by Gasteiger charge is -2.20. The molecular weight excluding hydrogens is 306 g/mol. The van der Waals surface area contributed by atoms with E-state index in [1.807, 2.05) is 24.3 Å². The van der Waals surface area contributed by atoms with Gasteiger partial charge >= 0.3 is 0 Å². The predicted octanol–water partition coefficient (Wildman–Crippen LogP) is 5.85. The Morgan fingerprint density at radius 1 is 0.958 bits per heavy atom. The molecule has 2 aromatic rings. The predicted molar refractivity (Wildman–Crippen MR) is 92.8 cm³/mol. The zero-order valence-corrected chi connectivity index (χ0v) is 14.1. The van der Waals surface area contributed by atoms with Gasteiger partial charge in [-0.15, -0.1) is 0 Å². The van der Waals surface area contributed by atoms with Crippen LogP contribution < -0.4 is 0 Å². The third kappa shape index (κ3) is 3.41. The minimum Gasteiger partial charge on any atom is -0.380 e. The summed E-state index contributed by atoms with van der Waals surface area (Å²) < 4.78 is 33.3. The second-order valence-electron chi connectivity index (χ2n) is 6.50. The van der Waals surface area contributed by atoms with E-state index in [1.54, 1.807) is 12.1 Å². The molecule has 1 aliphatic rings. The van der Waals surface area contributed by atoms with Crippen LogP contribution in [0.1, 0.15) is 36.8 Å². The highest BCUT2D eigenvalue weighted by molar-refractivity contribution is 5.65. The van der Waals surface area contributed by atoms with Crippen LogP contribution in [0.4, 0.5) is 8.78 Å². The summed E-state index contributed by atoms with van der Waals surface area (Å²) in [5, 5.41) is 0. The molecule has 0 aromatic heterocycles. The Morgan fingerprint density at radius 2 is 1.71 bits per heavy atom. The summed E-state index contributed by atoms with van der Waals surface area (Å²) in [5.41, 5.74) is 2.43. The van der Waals surface area contributed by atoms with Gasteiger partial charge in [0.05, 0.1) is 6.61 Å². The summed E-state index contributed by atoms with van der Waals surface area (Å²) in [5.74, 6) is -0.588. The molecule has 0 saturated heterocycles. The number of ether oxygens (including phenoxy) is 1. The van der Waals surface area contributed by atoms with Gasteiger partial charge in [0.25, 0.3) is 0 Å². The fourth-order valence-corrected chi connectivity index (χ4v) is 3.23. The minimum atomic E-state index is -0.831. The quantitative estimate of drug-likeness (QED) is 0.640. The van der Waals surface area contributed by atoms with E-state index in [2.05, 4.69) is 19.1 Å². The highest BCUT2D eigenvalue weighted by atomic mass is 19.2. The Morgan fingerprint density at radius 3 is 2.33 bits per heavy atom. The molecule has 0 bridgehead atoms. The largest absolute Gasteiger partial charge is 0.380 e. The van der Waals surface area contributed by atoms with E-state index in [9.17, 15) is 8.78 Å². The molecule has 24 heavy (non-hydrogen) atoms. The Hall–Kier alpha value is -2.00. The molecule has 0 heterocycles. The van der Waals surface area contributed by atoms with Crippen LogP contribution in [-0.4, -0.2) is 7.11 Å². The average molecular weight is 328 g/mol. The number of hydrogen-bond donors (Lipinski definition) is 0. The molecule has 0 N–H and O–H groups in total. The van der Waals surface area contributed by atoms with Gasteiger partial charge in [-0.2, -0.15) is 0 Å². The molecule has 0 fully saturated rings. The molecular formula is C21H22F2O. The van der Waals surface area contributed by atoms with Crippen LogP contribution in [0.15, 0.2) is 48.6 Å². The second-order valence-corrected chi connectivity index (χ2v) is 6.50. The fourth-order valence-electron chi connectivity index (χ4n) is 3.23. The third-order valence-corrected chi connectivity index (χ3v) is 4.72. The normalized spacial score (nSPS) is 20.3. The molecule has 0 saturated carbocycles. The highest BCUT2D eigenvalue weighted by Gasteiger charge is 2.17. The van der Waals surface area contributed by atoms with E-state index in [0.717, 1.165) is 6.42 Å². The van der Waals surface area contributed by atoms with Crippen molar-refractivity contribution in [3.05, 3.63) is 71.3 Å². The van der Waals surface area contributed by atoms with Crippen molar-refractivity contribution in [3.8, 4) is 11.1 Å². The van der Waals surface area contributed by atoms with Gasteiger partial charge in [0.2, 0.25) is 0 Å². The smallest absolute Gasteiger partial charge is 0.167 e. The number of allylic oxidation sites excluding steroid dienone is 2. The monoisotopic (exact) mass is 328 g/mol. The van der Waals surface area contributed by atoms with Crippen molar-refractivity contribution in [1.82, 2.24) is 0 Å². The van der Waals surface area contributed by atoms with Crippen LogP contribution in [-0.2, 0) is 11.3 Å². The summed E-state index contributed by atoms with van der Waals surface area (Å²) in [6, 6.07) is 11.0. The number of rotatable bonds is 4. The summed E-state index contributed by atoms with van der Waals surface area (Å²) in [6.07, 6.45) is 6.82. The Balaban J connectivity index is 1.86. The molecule has 3 heteroatoms. The van der Waals surface area contributed by atoms with Crippen LogP contribution in [0.3, 0.4) is 0 Å². The maximum absolute atomic E-state index is 14.3. The molecule has 2 atom stereocenters. The molecule has 0 radical (unpaired) electrons. The zero-order chi connectivity index (χ0) is 17.1. The first-order valence-electron chi connectivity index (χ1n) is 8.34. The standard InChI is InChI=1S/C21H22F2O/c1-14-3-5-15(6-4-14)16-7-9-17(10-8-16)19-12-11-18(13-24-2)20(22)21(19)23/h3,5,7-12,14-15H,4,6,13H2,1-2H3. The van der Waals surface area contributed by atoms with Crippen molar-refractivity contribution < 1.29 is 13.5 Å². The second kappa shape index (κ2) is 7.27. The Labute approximate surface area is 142 Å². The van der Waals surface area contributed by atoms with Crippen LogP contribution in [0, 0.1) is 17.6 Å². The van der Waals surface area contributed by atoms with Gasteiger partial charge < -0.3 is 4.74 Å². The minimum absolute atomic E-state index is 0.0639. The Bertz CT molecular complexity index is 734. The number of hydrogen-bond acceptors (Lipinski definition) is 1. The summed E-state index contributed by atoms with van der Waals surface area (Å²) >= 11 is 0. The molecule has 3 rings (SSSR count). The van der Waals surface area contributed by atoms with Gasteiger partial charge in [-0.1, -0.05) is 55.5 Å². The van der Waals surface area contributed by atoms with E-state index >= 15 is 0 Å². The molecule has 2 aromatic carbocycles. The van der Waals surface area contributed by atoms with Crippen molar-refractivity contribution in [3.63, 3.8) is 0 Å². The van der Waals surface area contributed by atoms with Gasteiger partial charge in [-0.25, -0.2) is 8.78 Å². The first kappa shape index (κ1) is 16.8. The molecule has 1 nitrogen and oxygen atoms in total. The van der Waals surface area contributed by atoms with Crippen LogP contribution in [0.2, 0.25) is 0 Å². The topological polar surface area (TPSA) is 9.23 Å². The van der Waals surface area contributed by atoms with Crippen LogP contribution >= 0.6 is 0 Å². The van der Waals surface area contributed by atoms with Crippen molar-refractivity contribution >= 4 is 0 Å². The van der Waals surface area contributed by atoms with Crippen LogP contribution in [0.5, 0.6) is 0 Å². The van der Waals surface area contributed by atoms with Crippen molar-refractivity contribution in [2.75, 3.05) is 7.11 Å². The molecule has 0 spiro atoms. The van der Waals surface area contributed by atoms with Crippen molar-refractivity contribution in [1.29, 1.82) is 0 Å². The maximum Gasteiger partial charge on any atom is 0.167 e. The van der Waals surface area contributed by atoms with E-state index in [1.165, 1.54) is 19.1 Å². The number of halogens is 2. The zero-order valence-electron chi connectivity index (χ0n) is 14.1. The van der Waals surface area contributed by atoms with E-state index < -0.39 is 11.6 Å². The average Bonchev–Trinajstić information content (AvgIpc) is 2.60. The SMILES string of the molecule is COCc1ccc(-c2ccc(C3C=CC(C)CC3)cc2)c(F)c1F.